The van der Waals surface area contributed by atoms with Crippen molar-refractivity contribution in [2.45, 2.75) is 54.4 Å². The highest BCUT2D eigenvalue weighted by atomic mass is 14.4. The van der Waals surface area contributed by atoms with Gasteiger partial charge in [-0.05, 0) is 41.9 Å². The minimum atomic E-state index is 0.516. The van der Waals surface area contributed by atoms with E-state index >= 15 is 0 Å². The zero-order valence-electron chi connectivity index (χ0n) is 10.2. The van der Waals surface area contributed by atoms with Gasteiger partial charge in [-0.1, -0.05) is 41.5 Å². The van der Waals surface area contributed by atoms with E-state index in [2.05, 4.69) is 41.5 Å². The van der Waals surface area contributed by atoms with Crippen molar-refractivity contribution in [2.75, 3.05) is 0 Å². The van der Waals surface area contributed by atoms with Gasteiger partial charge in [0.05, 0.1) is 0 Å². The molecule has 0 aromatic heterocycles. The lowest BCUT2D eigenvalue weighted by Gasteiger charge is -2.36. The summed E-state index contributed by atoms with van der Waals surface area (Å²) in [5.41, 5.74) is 0.516. The van der Waals surface area contributed by atoms with Crippen LogP contribution in [0.4, 0.5) is 0 Å². The maximum Gasteiger partial charge on any atom is -0.0305 e. The molecule has 0 nitrogen and oxygen atoms in total. The monoisotopic (exact) mass is 182 g/mol. The van der Waals surface area contributed by atoms with Gasteiger partial charge in [0, 0.05) is 0 Å². The van der Waals surface area contributed by atoms with Crippen LogP contribution in [0.2, 0.25) is 0 Å². The normalized spacial score (nSPS) is 30.7. The summed E-state index contributed by atoms with van der Waals surface area (Å²) in [5, 5.41) is 0. The van der Waals surface area contributed by atoms with Gasteiger partial charge < -0.3 is 0 Å². The lowest BCUT2D eigenvalue weighted by atomic mass is 9.69. The summed E-state index contributed by atoms with van der Waals surface area (Å²) in [6.45, 7) is 14.4. The van der Waals surface area contributed by atoms with Gasteiger partial charge in [-0.2, -0.15) is 0 Å². The van der Waals surface area contributed by atoms with Gasteiger partial charge in [-0.25, -0.2) is 0 Å². The molecular formula is C13H26. The second-order valence-electron chi connectivity index (χ2n) is 6.09. The van der Waals surface area contributed by atoms with Crippen LogP contribution in [0.25, 0.3) is 0 Å². The van der Waals surface area contributed by atoms with Crippen molar-refractivity contribution in [3.63, 3.8) is 0 Å². The predicted molar refractivity (Wildman–Crippen MR) is 59.7 cm³/mol. The minimum absolute atomic E-state index is 0.516. The van der Waals surface area contributed by atoms with E-state index in [4.69, 9.17) is 0 Å². The third-order valence-electron chi connectivity index (χ3n) is 4.69. The summed E-state index contributed by atoms with van der Waals surface area (Å²) in [4.78, 5) is 0. The van der Waals surface area contributed by atoms with E-state index in [1.54, 1.807) is 0 Å². The van der Waals surface area contributed by atoms with Crippen LogP contribution in [0.15, 0.2) is 0 Å². The first-order valence-corrected chi connectivity index (χ1v) is 5.85. The van der Waals surface area contributed by atoms with Gasteiger partial charge in [0.25, 0.3) is 0 Å². The molecule has 3 unspecified atom stereocenters. The second-order valence-corrected chi connectivity index (χ2v) is 6.09. The van der Waals surface area contributed by atoms with Crippen LogP contribution in [0, 0.1) is 29.1 Å². The Hall–Kier alpha value is 0. The first-order valence-electron chi connectivity index (χ1n) is 5.85. The van der Waals surface area contributed by atoms with E-state index in [1.165, 1.54) is 12.8 Å². The quantitative estimate of drug-likeness (QED) is 0.606. The minimum Gasteiger partial charge on any atom is -0.0623 e. The number of hydrogen-bond acceptors (Lipinski definition) is 0. The first-order chi connectivity index (χ1) is 5.85. The predicted octanol–water partition coefficient (Wildman–Crippen LogP) is 4.35. The first kappa shape index (κ1) is 11.1. The van der Waals surface area contributed by atoms with Crippen LogP contribution in [0.1, 0.15) is 54.4 Å². The number of rotatable bonds is 4. The molecule has 13 heavy (non-hydrogen) atoms. The highest BCUT2D eigenvalue weighted by Gasteiger charge is 2.38. The molecule has 0 saturated heterocycles. The molecule has 0 bridgehead atoms. The summed E-state index contributed by atoms with van der Waals surface area (Å²) in [7, 11) is 0. The highest BCUT2D eigenvalue weighted by molar-refractivity contribution is 4.88. The van der Waals surface area contributed by atoms with Crippen LogP contribution in [-0.2, 0) is 0 Å². The summed E-state index contributed by atoms with van der Waals surface area (Å²) in [5.74, 6) is 3.75. The van der Waals surface area contributed by atoms with Crippen molar-refractivity contribution in [3.05, 3.63) is 0 Å². The van der Waals surface area contributed by atoms with Crippen LogP contribution in [0.5, 0.6) is 0 Å². The summed E-state index contributed by atoms with van der Waals surface area (Å²) < 4.78 is 0. The Labute approximate surface area is 84.1 Å². The molecule has 78 valence electrons. The van der Waals surface area contributed by atoms with Crippen molar-refractivity contribution in [2.24, 2.45) is 29.1 Å². The number of hydrogen-bond donors (Lipinski definition) is 0. The molecule has 0 spiro atoms. The maximum absolute atomic E-state index is 2.44. The molecule has 0 aliphatic heterocycles. The van der Waals surface area contributed by atoms with Gasteiger partial charge in [-0.15, -0.1) is 0 Å². The molecule has 0 aromatic rings. The summed E-state index contributed by atoms with van der Waals surface area (Å²) >= 11 is 0. The second kappa shape index (κ2) is 3.63. The Balaban J connectivity index is 2.41. The van der Waals surface area contributed by atoms with Crippen LogP contribution in [0.3, 0.4) is 0 Å². The third kappa shape index (κ3) is 2.48. The lowest BCUT2D eigenvalue weighted by molar-refractivity contribution is 0.137. The molecule has 1 rings (SSSR count). The zero-order valence-corrected chi connectivity index (χ0v) is 10.2. The molecule has 0 amide bonds. The Kier molecular flexibility index (Phi) is 3.09. The molecule has 1 aliphatic rings. The fourth-order valence-corrected chi connectivity index (χ4v) is 2.05. The van der Waals surface area contributed by atoms with Gasteiger partial charge in [0.2, 0.25) is 0 Å². The largest absolute Gasteiger partial charge is 0.0623 e. The maximum atomic E-state index is 2.44. The topological polar surface area (TPSA) is 0 Å². The van der Waals surface area contributed by atoms with Crippen molar-refractivity contribution in [1.82, 2.24) is 0 Å². The SMILES string of the molecule is CC1CC1CC(C)C(C)(C)C(C)C. The molecule has 1 saturated carbocycles. The fourth-order valence-electron chi connectivity index (χ4n) is 2.05. The average molecular weight is 182 g/mol. The molecule has 0 heteroatoms. The van der Waals surface area contributed by atoms with Crippen molar-refractivity contribution < 1.29 is 0 Å². The van der Waals surface area contributed by atoms with Gasteiger partial charge in [-0.3, -0.25) is 0 Å². The molecule has 1 fully saturated rings. The van der Waals surface area contributed by atoms with Gasteiger partial charge in [0.15, 0.2) is 0 Å². The standard InChI is InChI=1S/C13H26/c1-9(2)13(5,6)11(4)8-12-7-10(12)3/h9-12H,7-8H2,1-6H3. The Morgan fingerprint density at radius 3 is 2.00 bits per heavy atom. The van der Waals surface area contributed by atoms with E-state index in [0.717, 1.165) is 23.7 Å². The van der Waals surface area contributed by atoms with Gasteiger partial charge >= 0.3 is 0 Å². The van der Waals surface area contributed by atoms with Crippen LogP contribution < -0.4 is 0 Å². The Morgan fingerprint density at radius 2 is 1.69 bits per heavy atom. The van der Waals surface area contributed by atoms with Crippen molar-refractivity contribution in [1.29, 1.82) is 0 Å². The van der Waals surface area contributed by atoms with Crippen molar-refractivity contribution >= 4 is 0 Å². The van der Waals surface area contributed by atoms with E-state index in [-0.39, 0.29) is 0 Å². The zero-order chi connectivity index (χ0) is 10.2. The third-order valence-corrected chi connectivity index (χ3v) is 4.69. The summed E-state index contributed by atoms with van der Waals surface area (Å²) in [6.07, 6.45) is 2.94. The van der Waals surface area contributed by atoms with Gasteiger partial charge in [0.1, 0.15) is 0 Å². The molecule has 0 radical (unpaired) electrons. The van der Waals surface area contributed by atoms with Crippen molar-refractivity contribution in [3.8, 4) is 0 Å². The molecule has 0 heterocycles. The van der Waals surface area contributed by atoms with E-state index in [0.29, 0.717) is 5.41 Å². The van der Waals surface area contributed by atoms with E-state index in [9.17, 15) is 0 Å². The van der Waals surface area contributed by atoms with E-state index < -0.39 is 0 Å². The smallest absolute Gasteiger partial charge is 0.0305 e. The Morgan fingerprint density at radius 1 is 1.23 bits per heavy atom. The lowest BCUT2D eigenvalue weighted by Crippen LogP contribution is -2.28. The molecule has 0 N–H and O–H groups in total. The fraction of sp³-hybridized carbons (Fsp3) is 1.00. The van der Waals surface area contributed by atoms with Crippen LogP contribution in [-0.4, -0.2) is 0 Å². The van der Waals surface area contributed by atoms with E-state index in [1.807, 2.05) is 0 Å². The highest BCUT2D eigenvalue weighted by Crippen LogP contribution is 2.47. The molecule has 1 aliphatic carbocycles. The molecular weight excluding hydrogens is 156 g/mol. The molecule has 0 aromatic carbocycles. The van der Waals surface area contributed by atoms with Crippen LogP contribution >= 0.6 is 0 Å². The summed E-state index contributed by atoms with van der Waals surface area (Å²) in [6, 6.07) is 0. The average Bonchev–Trinajstić information content (AvgIpc) is 2.65. The molecule has 3 atom stereocenters. The Bertz CT molecular complexity index is 167.